The fourth-order valence-electron chi connectivity index (χ4n) is 2.13. The molecule has 0 aromatic carbocycles. The van der Waals surface area contributed by atoms with Gasteiger partial charge in [-0.25, -0.2) is 0 Å². The molecule has 3 atom stereocenters. The number of carbonyl (C=O) groups excluding carboxylic acids is 1. The third kappa shape index (κ3) is 3.18. The van der Waals surface area contributed by atoms with Crippen LogP contribution in [-0.4, -0.2) is 32.3 Å². The standard InChI is InChI=1S/C11H22N2O2/c1-7-5-13-6-8(2)10(7)11(14)15-9(3)12-4/h7-10,12-13H,5-6H2,1-4H3. The van der Waals surface area contributed by atoms with Gasteiger partial charge in [-0.15, -0.1) is 0 Å². The van der Waals surface area contributed by atoms with Crippen molar-refractivity contribution in [1.29, 1.82) is 0 Å². The summed E-state index contributed by atoms with van der Waals surface area (Å²) >= 11 is 0. The molecular formula is C11H22N2O2. The molecule has 88 valence electrons. The Morgan fingerprint density at radius 3 is 2.40 bits per heavy atom. The van der Waals surface area contributed by atoms with Crippen molar-refractivity contribution in [3.63, 3.8) is 0 Å². The normalized spacial score (nSPS) is 33.5. The van der Waals surface area contributed by atoms with Crippen LogP contribution in [0.15, 0.2) is 0 Å². The van der Waals surface area contributed by atoms with Crippen LogP contribution in [0.25, 0.3) is 0 Å². The van der Waals surface area contributed by atoms with Gasteiger partial charge < -0.3 is 10.1 Å². The third-order valence-electron chi connectivity index (χ3n) is 3.13. The average Bonchev–Trinajstić information content (AvgIpc) is 2.17. The SMILES string of the molecule is CNC(C)OC(=O)C1C(C)CNCC1C. The van der Waals surface area contributed by atoms with Crippen LogP contribution in [0.1, 0.15) is 20.8 Å². The Balaban J connectivity index is 2.55. The minimum absolute atomic E-state index is 0.0297. The summed E-state index contributed by atoms with van der Waals surface area (Å²) < 4.78 is 5.30. The van der Waals surface area contributed by atoms with Gasteiger partial charge in [-0.2, -0.15) is 0 Å². The number of hydrogen-bond donors (Lipinski definition) is 2. The molecule has 1 aliphatic rings. The highest BCUT2D eigenvalue weighted by Crippen LogP contribution is 2.25. The van der Waals surface area contributed by atoms with Crippen molar-refractivity contribution in [1.82, 2.24) is 10.6 Å². The van der Waals surface area contributed by atoms with E-state index in [0.29, 0.717) is 11.8 Å². The summed E-state index contributed by atoms with van der Waals surface area (Å²) in [6.45, 7) is 7.83. The highest BCUT2D eigenvalue weighted by atomic mass is 16.6. The molecule has 3 unspecified atom stereocenters. The lowest BCUT2D eigenvalue weighted by atomic mass is 9.80. The fourth-order valence-corrected chi connectivity index (χ4v) is 2.13. The lowest BCUT2D eigenvalue weighted by Crippen LogP contribution is -2.46. The van der Waals surface area contributed by atoms with Gasteiger partial charge in [-0.1, -0.05) is 13.8 Å². The summed E-state index contributed by atoms with van der Waals surface area (Å²) in [5.74, 6) is 0.663. The highest BCUT2D eigenvalue weighted by Gasteiger charge is 2.35. The molecule has 1 fully saturated rings. The Bertz CT molecular complexity index is 211. The van der Waals surface area contributed by atoms with Crippen molar-refractivity contribution in [2.24, 2.45) is 17.8 Å². The van der Waals surface area contributed by atoms with E-state index in [9.17, 15) is 4.79 Å². The van der Waals surface area contributed by atoms with Crippen molar-refractivity contribution >= 4 is 5.97 Å². The molecular weight excluding hydrogens is 192 g/mol. The number of carbonyl (C=O) groups is 1. The van der Waals surface area contributed by atoms with Gasteiger partial charge in [-0.05, 0) is 38.9 Å². The average molecular weight is 214 g/mol. The van der Waals surface area contributed by atoms with E-state index in [1.807, 2.05) is 6.92 Å². The summed E-state index contributed by atoms with van der Waals surface area (Å²) in [7, 11) is 1.78. The van der Waals surface area contributed by atoms with E-state index in [4.69, 9.17) is 4.74 Å². The maximum atomic E-state index is 11.9. The van der Waals surface area contributed by atoms with Crippen LogP contribution in [0.4, 0.5) is 0 Å². The molecule has 0 aliphatic carbocycles. The first-order chi connectivity index (χ1) is 7.06. The Morgan fingerprint density at radius 1 is 1.40 bits per heavy atom. The van der Waals surface area contributed by atoms with Crippen LogP contribution < -0.4 is 10.6 Å². The number of ether oxygens (including phenoxy) is 1. The van der Waals surface area contributed by atoms with Gasteiger partial charge in [-0.3, -0.25) is 10.1 Å². The minimum atomic E-state index is -0.202. The molecule has 1 aliphatic heterocycles. The molecule has 0 amide bonds. The number of nitrogens with one attached hydrogen (secondary N) is 2. The second-order valence-corrected chi connectivity index (χ2v) is 4.51. The van der Waals surface area contributed by atoms with Gasteiger partial charge in [0.1, 0.15) is 6.23 Å². The zero-order valence-corrected chi connectivity index (χ0v) is 10.0. The predicted molar refractivity (Wildman–Crippen MR) is 59.3 cm³/mol. The quantitative estimate of drug-likeness (QED) is 0.533. The lowest BCUT2D eigenvalue weighted by Gasteiger charge is -2.33. The number of piperidine rings is 1. The van der Waals surface area contributed by atoms with Gasteiger partial charge in [0.25, 0.3) is 0 Å². The first-order valence-corrected chi connectivity index (χ1v) is 5.64. The largest absolute Gasteiger partial charge is 0.447 e. The molecule has 2 N–H and O–H groups in total. The molecule has 0 bridgehead atoms. The molecule has 0 aromatic heterocycles. The number of esters is 1. The maximum absolute atomic E-state index is 11.9. The van der Waals surface area contributed by atoms with Gasteiger partial charge in [0.15, 0.2) is 0 Å². The molecule has 1 saturated heterocycles. The van der Waals surface area contributed by atoms with E-state index in [1.54, 1.807) is 7.05 Å². The Morgan fingerprint density at radius 2 is 1.93 bits per heavy atom. The molecule has 4 nitrogen and oxygen atoms in total. The first-order valence-electron chi connectivity index (χ1n) is 5.64. The van der Waals surface area contributed by atoms with Crippen molar-refractivity contribution in [2.45, 2.75) is 27.0 Å². The highest BCUT2D eigenvalue weighted by molar-refractivity contribution is 5.73. The second kappa shape index (κ2) is 5.47. The maximum Gasteiger partial charge on any atom is 0.311 e. The molecule has 0 radical (unpaired) electrons. The Labute approximate surface area is 91.8 Å². The molecule has 0 saturated carbocycles. The Kier molecular flexibility index (Phi) is 4.54. The zero-order chi connectivity index (χ0) is 11.4. The molecule has 1 heterocycles. The zero-order valence-electron chi connectivity index (χ0n) is 10.0. The Hall–Kier alpha value is -0.610. The second-order valence-electron chi connectivity index (χ2n) is 4.51. The van der Waals surface area contributed by atoms with E-state index in [-0.39, 0.29) is 18.1 Å². The smallest absolute Gasteiger partial charge is 0.311 e. The van der Waals surface area contributed by atoms with Crippen molar-refractivity contribution in [3.8, 4) is 0 Å². The van der Waals surface area contributed by atoms with Crippen molar-refractivity contribution in [3.05, 3.63) is 0 Å². The molecule has 4 heteroatoms. The van der Waals surface area contributed by atoms with Crippen LogP contribution in [0.2, 0.25) is 0 Å². The monoisotopic (exact) mass is 214 g/mol. The summed E-state index contributed by atoms with van der Waals surface area (Å²) in [6, 6.07) is 0. The van der Waals surface area contributed by atoms with Gasteiger partial charge >= 0.3 is 5.97 Å². The lowest BCUT2D eigenvalue weighted by molar-refractivity contribution is -0.159. The van der Waals surface area contributed by atoms with Crippen LogP contribution >= 0.6 is 0 Å². The summed E-state index contributed by atoms with van der Waals surface area (Å²) in [5.41, 5.74) is 0. The molecule has 0 spiro atoms. The molecule has 15 heavy (non-hydrogen) atoms. The predicted octanol–water partition coefficient (Wildman–Crippen LogP) is 0.587. The van der Waals surface area contributed by atoms with E-state index in [0.717, 1.165) is 13.1 Å². The van der Waals surface area contributed by atoms with Crippen LogP contribution in [0.5, 0.6) is 0 Å². The molecule has 0 aromatic rings. The van der Waals surface area contributed by atoms with Crippen LogP contribution in [0, 0.1) is 17.8 Å². The first kappa shape index (κ1) is 12.5. The third-order valence-corrected chi connectivity index (χ3v) is 3.13. The van der Waals surface area contributed by atoms with E-state index in [2.05, 4.69) is 24.5 Å². The van der Waals surface area contributed by atoms with Gasteiger partial charge in [0.05, 0.1) is 5.92 Å². The van der Waals surface area contributed by atoms with Gasteiger partial charge in [0.2, 0.25) is 0 Å². The summed E-state index contributed by atoms with van der Waals surface area (Å²) in [6.07, 6.45) is -0.202. The van der Waals surface area contributed by atoms with Crippen LogP contribution in [0.3, 0.4) is 0 Å². The minimum Gasteiger partial charge on any atom is -0.447 e. The summed E-state index contributed by atoms with van der Waals surface area (Å²) in [4.78, 5) is 11.9. The van der Waals surface area contributed by atoms with E-state index in [1.165, 1.54) is 0 Å². The molecule has 1 rings (SSSR count). The van der Waals surface area contributed by atoms with E-state index >= 15 is 0 Å². The fraction of sp³-hybridized carbons (Fsp3) is 0.909. The summed E-state index contributed by atoms with van der Waals surface area (Å²) in [5, 5.41) is 6.22. The number of hydrogen-bond acceptors (Lipinski definition) is 4. The van der Waals surface area contributed by atoms with Crippen molar-refractivity contribution < 1.29 is 9.53 Å². The van der Waals surface area contributed by atoms with E-state index < -0.39 is 0 Å². The topological polar surface area (TPSA) is 50.4 Å². The number of rotatable bonds is 3. The van der Waals surface area contributed by atoms with Crippen molar-refractivity contribution in [2.75, 3.05) is 20.1 Å². The van der Waals surface area contributed by atoms with Crippen LogP contribution in [-0.2, 0) is 9.53 Å². The van der Waals surface area contributed by atoms with Gasteiger partial charge in [0, 0.05) is 0 Å².